The van der Waals surface area contributed by atoms with Crippen molar-refractivity contribution in [2.24, 2.45) is 5.92 Å². The van der Waals surface area contributed by atoms with Gasteiger partial charge in [0, 0.05) is 13.1 Å². The highest BCUT2D eigenvalue weighted by molar-refractivity contribution is 5.78. The van der Waals surface area contributed by atoms with Gasteiger partial charge in [-0.05, 0) is 49.9 Å². The van der Waals surface area contributed by atoms with E-state index in [2.05, 4.69) is 22.8 Å². The second-order valence-electron chi connectivity index (χ2n) is 5.39. The Kier molecular flexibility index (Phi) is 5.41. The summed E-state index contributed by atoms with van der Waals surface area (Å²) >= 11 is 0. The first-order chi connectivity index (χ1) is 9.70. The number of hydrogen-bond acceptors (Lipinski definition) is 3. The van der Waals surface area contributed by atoms with Crippen LogP contribution in [0.4, 0.5) is 0 Å². The quantitative estimate of drug-likeness (QED) is 0.860. The maximum atomic E-state index is 12.0. The fourth-order valence-electron chi connectivity index (χ4n) is 2.57. The molecule has 1 aliphatic heterocycles. The number of piperidine rings is 1. The zero-order valence-corrected chi connectivity index (χ0v) is 12.4. The number of carbonyl (C=O) groups excluding carboxylic acids is 1. The molecule has 0 spiro atoms. The Hall–Kier alpha value is -1.55. The van der Waals surface area contributed by atoms with Crippen LogP contribution in [0.2, 0.25) is 0 Å². The Labute approximate surface area is 120 Å². The minimum atomic E-state index is 0.135. The second-order valence-corrected chi connectivity index (χ2v) is 5.39. The van der Waals surface area contributed by atoms with Gasteiger partial charge in [-0.2, -0.15) is 0 Å². The van der Waals surface area contributed by atoms with Crippen LogP contribution < -0.4 is 15.4 Å². The zero-order valence-electron chi connectivity index (χ0n) is 12.4. The lowest BCUT2D eigenvalue weighted by Gasteiger charge is -2.21. The summed E-state index contributed by atoms with van der Waals surface area (Å²) in [7, 11) is 1.68. The highest BCUT2D eigenvalue weighted by Crippen LogP contribution is 2.19. The van der Waals surface area contributed by atoms with Crippen molar-refractivity contribution in [1.29, 1.82) is 0 Å². The van der Waals surface area contributed by atoms with Crippen LogP contribution in [0.5, 0.6) is 5.75 Å². The van der Waals surface area contributed by atoms with Crippen molar-refractivity contribution in [3.8, 4) is 5.75 Å². The Balaban J connectivity index is 1.79. The predicted molar refractivity (Wildman–Crippen MR) is 80.0 cm³/mol. The molecule has 20 heavy (non-hydrogen) atoms. The third-order valence-corrected chi connectivity index (χ3v) is 3.85. The molecule has 0 saturated carbocycles. The Morgan fingerprint density at radius 1 is 1.50 bits per heavy atom. The number of methoxy groups -OCH3 is 1. The van der Waals surface area contributed by atoms with E-state index in [0.29, 0.717) is 6.54 Å². The molecule has 2 N–H and O–H groups in total. The molecule has 1 fully saturated rings. The third kappa shape index (κ3) is 3.97. The molecule has 0 aliphatic carbocycles. The average Bonchev–Trinajstić information content (AvgIpc) is 2.49. The van der Waals surface area contributed by atoms with Crippen molar-refractivity contribution >= 4 is 5.91 Å². The molecule has 1 aliphatic rings. The van der Waals surface area contributed by atoms with Gasteiger partial charge in [-0.3, -0.25) is 4.79 Å². The van der Waals surface area contributed by atoms with E-state index in [1.165, 1.54) is 5.56 Å². The number of rotatable bonds is 5. The normalized spacial score (nSPS) is 18.6. The smallest absolute Gasteiger partial charge is 0.224 e. The molecule has 1 heterocycles. The van der Waals surface area contributed by atoms with Gasteiger partial charge in [0.05, 0.1) is 13.0 Å². The fraction of sp³-hybridized carbons (Fsp3) is 0.562. The van der Waals surface area contributed by atoms with E-state index in [-0.39, 0.29) is 11.8 Å². The molecule has 2 rings (SSSR count). The van der Waals surface area contributed by atoms with Gasteiger partial charge in [0.15, 0.2) is 0 Å². The van der Waals surface area contributed by atoms with E-state index < -0.39 is 0 Å². The van der Waals surface area contributed by atoms with Crippen molar-refractivity contribution < 1.29 is 9.53 Å². The van der Waals surface area contributed by atoms with Crippen LogP contribution in [0.15, 0.2) is 18.2 Å². The SMILES string of the molecule is COc1cc(CCNC(=O)C2CCCNC2)ccc1C. The van der Waals surface area contributed by atoms with Crippen LogP contribution in [-0.2, 0) is 11.2 Å². The molecule has 1 amide bonds. The first-order valence-corrected chi connectivity index (χ1v) is 7.32. The largest absolute Gasteiger partial charge is 0.496 e. The number of ether oxygens (including phenoxy) is 1. The Morgan fingerprint density at radius 3 is 3.05 bits per heavy atom. The van der Waals surface area contributed by atoms with Gasteiger partial charge in [-0.25, -0.2) is 0 Å². The first kappa shape index (κ1) is 14.9. The molecule has 1 atom stereocenters. The average molecular weight is 276 g/mol. The van der Waals surface area contributed by atoms with Crippen LogP contribution >= 0.6 is 0 Å². The monoisotopic (exact) mass is 276 g/mol. The maximum absolute atomic E-state index is 12.0. The van der Waals surface area contributed by atoms with Crippen molar-refractivity contribution in [3.63, 3.8) is 0 Å². The summed E-state index contributed by atoms with van der Waals surface area (Å²) in [6.45, 7) is 4.55. The lowest BCUT2D eigenvalue weighted by atomic mass is 9.99. The molecule has 1 aromatic rings. The van der Waals surface area contributed by atoms with Crippen molar-refractivity contribution in [3.05, 3.63) is 29.3 Å². The predicted octanol–water partition coefficient (Wildman–Crippen LogP) is 1.66. The van der Waals surface area contributed by atoms with Crippen LogP contribution in [0.25, 0.3) is 0 Å². The lowest BCUT2D eigenvalue weighted by Crippen LogP contribution is -2.41. The molecule has 0 bridgehead atoms. The molecule has 1 saturated heterocycles. The van der Waals surface area contributed by atoms with Crippen molar-refractivity contribution in [2.75, 3.05) is 26.7 Å². The van der Waals surface area contributed by atoms with Gasteiger partial charge in [-0.15, -0.1) is 0 Å². The molecule has 4 nitrogen and oxygen atoms in total. The molecular formula is C16H24N2O2. The molecule has 1 aromatic carbocycles. The third-order valence-electron chi connectivity index (χ3n) is 3.85. The van der Waals surface area contributed by atoms with Crippen LogP contribution in [0, 0.1) is 12.8 Å². The van der Waals surface area contributed by atoms with Crippen molar-refractivity contribution in [1.82, 2.24) is 10.6 Å². The number of amides is 1. The molecule has 1 unspecified atom stereocenters. The number of aryl methyl sites for hydroxylation is 1. The Bertz CT molecular complexity index is 454. The highest BCUT2D eigenvalue weighted by Gasteiger charge is 2.20. The van der Waals surface area contributed by atoms with Crippen LogP contribution in [0.1, 0.15) is 24.0 Å². The van der Waals surface area contributed by atoms with E-state index in [1.807, 2.05) is 13.0 Å². The second kappa shape index (κ2) is 7.29. The van der Waals surface area contributed by atoms with Crippen LogP contribution in [-0.4, -0.2) is 32.7 Å². The summed E-state index contributed by atoms with van der Waals surface area (Å²) in [5.74, 6) is 1.22. The van der Waals surface area contributed by atoms with Gasteiger partial charge in [0.25, 0.3) is 0 Å². The van der Waals surface area contributed by atoms with E-state index in [1.54, 1.807) is 7.11 Å². The lowest BCUT2D eigenvalue weighted by molar-refractivity contribution is -0.125. The molecular weight excluding hydrogens is 252 g/mol. The topological polar surface area (TPSA) is 50.4 Å². The number of benzene rings is 1. The van der Waals surface area contributed by atoms with E-state index in [0.717, 1.165) is 43.7 Å². The standard InChI is InChI=1S/C16H24N2O2/c1-12-5-6-13(10-15(12)20-2)7-9-18-16(19)14-4-3-8-17-11-14/h5-6,10,14,17H,3-4,7-9,11H2,1-2H3,(H,18,19). The van der Waals surface area contributed by atoms with Gasteiger partial charge >= 0.3 is 0 Å². The molecule has 0 radical (unpaired) electrons. The minimum Gasteiger partial charge on any atom is -0.496 e. The minimum absolute atomic E-state index is 0.135. The number of hydrogen-bond donors (Lipinski definition) is 2. The first-order valence-electron chi connectivity index (χ1n) is 7.32. The number of nitrogens with one attached hydrogen (secondary N) is 2. The Morgan fingerprint density at radius 2 is 2.35 bits per heavy atom. The summed E-state index contributed by atoms with van der Waals surface area (Å²) in [6, 6.07) is 6.19. The van der Waals surface area contributed by atoms with E-state index in [9.17, 15) is 4.79 Å². The highest BCUT2D eigenvalue weighted by atomic mass is 16.5. The van der Waals surface area contributed by atoms with E-state index >= 15 is 0 Å². The summed E-state index contributed by atoms with van der Waals surface area (Å²) in [5.41, 5.74) is 2.32. The summed E-state index contributed by atoms with van der Waals surface area (Å²) in [4.78, 5) is 12.0. The molecule has 4 heteroatoms. The van der Waals surface area contributed by atoms with E-state index in [4.69, 9.17) is 4.74 Å². The molecule has 0 aromatic heterocycles. The van der Waals surface area contributed by atoms with Crippen molar-refractivity contribution in [2.45, 2.75) is 26.2 Å². The summed E-state index contributed by atoms with van der Waals surface area (Å²) in [6.07, 6.45) is 2.92. The van der Waals surface area contributed by atoms with Gasteiger partial charge in [-0.1, -0.05) is 12.1 Å². The van der Waals surface area contributed by atoms with Gasteiger partial charge < -0.3 is 15.4 Å². The van der Waals surface area contributed by atoms with Gasteiger partial charge in [0.2, 0.25) is 5.91 Å². The summed E-state index contributed by atoms with van der Waals surface area (Å²) in [5, 5.41) is 6.30. The number of carbonyl (C=O) groups is 1. The molecule has 110 valence electrons. The zero-order chi connectivity index (χ0) is 14.4. The maximum Gasteiger partial charge on any atom is 0.224 e. The van der Waals surface area contributed by atoms with Crippen LogP contribution in [0.3, 0.4) is 0 Å². The summed E-state index contributed by atoms with van der Waals surface area (Å²) < 4.78 is 5.31. The fourth-order valence-corrected chi connectivity index (χ4v) is 2.57. The van der Waals surface area contributed by atoms with Gasteiger partial charge in [0.1, 0.15) is 5.75 Å².